The second kappa shape index (κ2) is 6.31. The zero-order valence-electron chi connectivity index (χ0n) is 10.1. The van der Waals surface area contributed by atoms with Crippen LogP contribution in [0, 0.1) is 0 Å². The number of amides is 1. The van der Waals surface area contributed by atoms with Crippen molar-refractivity contribution in [1.29, 1.82) is 0 Å². The molecule has 1 amide bonds. The number of morpholine rings is 1. The zero-order valence-corrected chi connectivity index (χ0v) is 11.7. The molecule has 98 valence electrons. The first-order chi connectivity index (χ1) is 8.72. The minimum Gasteiger partial charge on any atom is -0.369 e. The van der Waals surface area contributed by atoms with Gasteiger partial charge in [-0.05, 0) is 43.7 Å². The minimum absolute atomic E-state index is 0.0191. The first-order valence-electron chi connectivity index (χ1n) is 6.08. The summed E-state index contributed by atoms with van der Waals surface area (Å²) in [5.74, 6) is 0.0191. The Morgan fingerprint density at radius 2 is 2.11 bits per heavy atom. The summed E-state index contributed by atoms with van der Waals surface area (Å²) in [7, 11) is 0. The highest BCUT2D eigenvalue weighted by molar-refractivity contribution is 9.10. The number of halogens is 1. The van der Waals surface area contributed by atoms with Crippen molar-refractivity contribution < 1.29 is 9.53 Å². The van der Waals surface area contributed by atoms with Crippen LogP contribution in [0.2, 0.25) is 0 Å². The molecule has 0 radical (unpaired) electrons. The number of carbonyl (C=O) groups is 1. The molecule has 2 rings (SSSR count). The second-order valence-electron chi connectivity index (χ2n) is 4.34. The Morgan fingerprint density at radius 3 is 2.78 bits per heavy atom. The van der Waals surface area contributed by atoms with Crippen LogP contribution >= 0.6 is 15.9 Å². The fourth-order valence-electron chi connectivity index (χ4n) is 2.15. The van der Waals surface area contributed by atoms with E-state index in [0.717, 1.165) is 23.0 Å². The molecule has 1 aromatic rings. The summed E-state index contributed by atoms with van der Waals surface area (Å²) in [6.07, 6.45) is 1.77. The Labute approximate surface area is 115 Å². The van der Waals surface area contributed by atoms with E-state index in [1.165, 1.54) is 0 Å². The number of ether oxygens (including phenoxy) is 1. The Bertz CT molecular complexity index is 408. The van der Waals surface area contributed by atoms with Gasteiger partial charge in [-0.25, -0.2) is 0 Å². The normalized spacial score (nSPS) is 20.2. The van der Waals surface area contributed by atoms with Crippen LogP contribution < -0.4 is 10.6 Å². The summed E-state index contributed by atoms with van der Waals surface area (Å²) < 4.78 is 6.33. The fraction of sp³-hybridized carbons (Fsp3) is 0.462. The Kier molecular flexibility index (Phi) is 4.74. The second-order valence-corrected chi connectivity index (χ2v) is 5.26. The third-order valence-corrected chi connectivity index (χ3v) is 3.54. The molecule has 1 aliphatic rings. The maximum absolute atomic E-state index is 12.0. The smallest absolute Gasteiger partial charge is 0.253 e. The summed E-state index contributed by atoms with van der Waals surface area (Å²) in [6.45, 7) is 1.38. The van der Waals surface area contributed by atoms with Gasteiger partial charge in [0.15, 0.2) is 0 Å². The third-order valence-electron chi connectivity index (χ3n) is 3.02. The van der Waals surface area contributed by atoms with Crippen LogP contribution in [0.1, 0.15) is 12.8 Å². The van der Waals surface area contributed by atoms with Gasteiger partial charge in [0.1, 0.15) is 6.61 Å². The maximum atomic E-state index is 12.0. The highest BCUT2D eigenvalue weighted by atomic mass is 79.9. The minimum atomic E-state index is 0.0191. The van der Waals surface area contributed by atoms with Crippen molar-refractivity contribution in [2.24, 2.45) is 5.73 Å². The van der Waals surface area contributed by atoms with Crippen LogP contribution in [-0.4, -0.2) is 31.7 Å². The summed E-state index contributed by atoms with van der Waals surface area (Å²) in [4.78, 5) is 13.9. The van der Waals surface area contributed by atoms with E-state index in [-0.39, 0.29) is 18.6 Å². The standard InChI is InChI=1S/C13H17BrN2O2/c14-10-3-5-11(6-4-10)16-12(2-1-7-15)8-18-9-13(16)17/h3-6,12H,1-2,7-9,15H2. The topological polar surface area (TPSA) is 55.6 Å². The molecule has 18 heavy (non-hydrogen) atoms. The highest BCUT2D eigenvalue weighted by Crippen LogP contribution is 2.24. The lowest BCUT2D eigenvalue weighted by Gasteiger charge is -2.35. The molecule has 1 atom stereocenters. The third kappa shape index (κ3) is 3.10. The lowest BCUT2D eigenvalue weighted by Crippen LogP contribution is -2.49. The number of hydrogen-bond acceptors (Lipinski definition) is 3. The molecular formula is C13H17BrN2O2. The first-order valence-corrected chi connectivity index (χ1v) is 6.87. The number of nitrogens with two attached hydrogens (primary N) is 1. The van der Waals surface area contributed by atoms with Crippen molar-refractivity contribution in [2.45, 2.75) is 18.9 Å². The van der Waals surface area contributed by atoms with Crippen molar-refractivity contribution >= 4 is 27.5 Å². The lowest BCUT2D eigenvalue weighted by atomic mass is 10.1. The average Bonchev–Trinajstić information content (AvgIpc) is 2.38. The van der Waals surface area contributed by atoms with Crippen LogP contribution in [0.15, 0.2) is 28.7 Å². The SMILES string of the molecule is NCCCC1COCC(=O)N1c1ccc(Br)cc1. The number of nitrogens with zero attached hydrogens (tertiary/aromatic N) is 1. The van der Waals surface area contributed by atoms with Crippen molar-refractivity contribution in [3.63, 3.8) is 0 Å². The summed E-state index contributed by atoms with van der Waals surface area (Å²) in [6, 6.07) is 7.87. The van der Waals surface area contributed by atoms with E-state index in [2.05, 4.69) is 15.9 Å². The van der Waals surface area contributed by atoms with Crippen molar-refractivity contribution in [2.75, 3.05) is 24.7 Å². The fourth-order valence-corrected chi connectivity index (χ4v) is 2.42. The van der Waals surface area contributed by atoms with Crippen LogP contribution in [-0.2, 0) is 9.53 Å². The van der Waals surface area contributed by atoms with Crippen LogP contribution in [0.5, 0.6) is 0 Å². The summed E-state index contributed by atoms with van der Waals surface area (Å²) in [5, 5.41) is 0. The van der Waals surface area contributed by atoms with Gasteiger partial charge in [0, 0.05) is 10.2 Å². The van der Waals surface area contributed by atoms with Gasteiger partial charge in [0.05, 0.1) is 12.6 Å². The average molecular weight is 313 g/mol. The molecule has 0 aromatic heterocycles. The van der Waals surface area contributed by atoms with Gasteiger partial charge >= 0.3 is 0 Å². The number of rotatable bonds is 4. The molecule has 1 saturated heterocycles. The molecule has 1 fully saturated rings. The molecule has 1 heterocycles. The van der Waals surface area contributed by atoms with Crippen LogP contribution in [0.3, 0.4) is 0 Å². The molecule has 2 N–H and O–H groups in total. The largest absolute Gasteiger partial charge is 0.369 e. The van der Waals surface area contributed by atoms with E-state index in [1.807, 2.05) is 29.2 Å². The van der Waals surface area contributed by atoms with Crippen molar-refractivity contribution in [3.05, 3.63) is 28.7 Å². The molecular weight excluding hydrogens is 296 g/mol. The Hall–Kier alpha value is -0.910. The molecule has 1 aliphatic heterocycles. The van der Waals surface area contributed by atoms with E-state index in [4.69, 9.17) is 10.5 Å². The van der Waals surface area contributed by atoms with E-state index in [9.17, 15) is 4.79 Å². The zero-order chi connectivity index (χ0) is 13.0. The molecule has 0 bridgehead atoms. The van der Waals surface area contributed by atoms with E-state index < -0.39 is 0 Å². The number of carbonyl (C=O) groups excluding carboxylic acids is 1. The van der Waals surface area contributed by atoms with Gasteiger partial charge in [-0.15, -0.1) is 0 Å². The van der Waals surface area contributed by atoms with Crippen molar-refractivity contribution in [3.8, 4) is 0 Å². The lowest BCUT2D eigenvalue weighted by molar-refractivity contribution is -0.127. The number of anilines is 1. The number of benzene rings is 1. The predicted octanol–water partition coefficient (Wildman–Crippen LogP) is 1.92. The van der Waals surface area contributed by atoms with E-state index in [1.54, 1.807) is 0 Å². The molecule has 1 aromatic carbocycles. The van der Waals surface area contributed by atoms with E-state index in [0.29, 0.717) is 13.2 Å². The van der Waals surface area contributed by atoms with E-state index >= 15 is 0 Å². The Morgan fingerprint density at radius 1 is 1.39 bits per heavy atom. The van der Waals surface area contributed by atoms with Gasteiger partial charge in [-0.2, -0.15) is 0 Å². The number of hydrogen-bond donors (Lipinski definition) is 1. The van der Waals surface area contributed by atoms with Gasteiger partial charge in [0.2, 0.25) is 0 Å². The van der Waals surface area contributed by atoms with Gasteiger partial charge in [0.25, 0.3) is 5.91 Å². The molecule has 0 spiro atoms. The molecule has 0 aliphatic carbocycles. The molecule has 5 heteroatoms. The van der Waals surface area contributed by atoms with Crippen LogP contribution in [0.4, 0.5) is 5.69 Å². The first kappa shape index (κ1) is 13.5. The van der Waals surface area contributed by atoms with Crippen LogP contribution in [0.25, 0.3) is 0 Å². The Balaban J connectivity index is 2.18. The summed E-state index contributed by atoms with van der Waals surface area (Å²) >= 11 is 3.40. The molecule has 0 saturated carbocycles. The van der Waals surface area contributed by atoms with Gasteiger partial charge in [-0.1, -0.05) is 15.9 Å². The molecule has 4 nitrogen and oxygen atoms in total. The quantitative estimate of drug-likeness (QED) is 0.924. The predicted molar refractivity (Wildman–Crippen MR) is 74.5 cm³/mol. The van der Waals surface area contributed by atoms with Crippen molar-refractivity contribution in [1.82, 2.24) is 0 Å². The molecule has 1 unspecified atom stereocenters. The van der Waals surface area contributed by atoms with Gasteiger partial charge < -0.3 is 15.4 Å². The summed E-state index contributed by atoms with van der Waals surface area (Å²) in [5.41, 5.74) is 6.46. The van der Waals surface area contributed by atoms with Gasteiger partial charge in [-0.3, -0.25) is 4.79 Å². The highest BCUT2D eigenvalue weighted by Gasteiger charge is 2.29. The maximum Gasteiger partial charge on any atom is 0.253 e. The monoisotopic (exact) mass is 312 g/mol.